The van der Waals surface area contributed by atoms with Crippen LogP contribution < -0.4 is 0 Å². The maximum absolute atomic E-state index is 10.8. The van der Waals surface area contributed by atoms with Crippen molar-refractivity contribution in [2.45, 2.75) is 0 Å². The summed E-state index contributed by atoms with van der Waals surface area (Å²) >= 11 is 10.8. The van der Waals surface area contributed by atoms with Gasteiger partial charge < -0.3 is 4.74 Å². The first-order chi connectivity index (χ1) is 5.63. The average Bonchev–Trinajstić information content (AvgIpc) is 2.01. The maximum atomic E-state index is 10.8. The van der Waals surface area contributed by atoms with Gasteiger partial charge in [-0.05, 0) is 23.2 Å². The van der Waals surface area contributed by atoms with E-state index in [1.54, 1.807) is 0 Å². The molecular weight excluding hydrogens is 205 g/mol. The monoisotopic (exact) mass is 207 g/mol. The van der Waals surface area contributed by atoms with Gasteiger partial charge in [0.2, 0.25) is 16.4 Å². The molecular formula is C5H3Cl2N3O2. The number of aromatic nitrogens is 3. The van der Waals surface area contributed by atoms with Gasteiger partial charge in [0.05, 0.1) is 7.11 Å². The molecule has 0 saturated carbocycles. The number of carbonyl (C=O) groups is 1. The van der Waals surface area contributed by atoms with Crippen molar-refractivity contribution in [3.05, 3.63) is 16.4 Å². The van der Waals surface area contributed by atoms with Crippen LogP contribution >= 0.6 is 23.2 Å². The number of nitrogens with zero attached hydrogens (tertiary/aromatic N) is 3. The number of esters is 1. The Morgan fingerprint density at radius 3 is 2.17 bits per heavy atom. The summed E-state index contributed by atoms with van der Waals surface area (Å²) in [6, 6.07) is 0. The maximum Gasteiger partial charge on any atom is 0.376 e. The summed E-state index contributed by atoms with van der Waals surface area (Å²) in [4.78, 5) is 21.3. The van der Waals surface area contributed by atoms with Crippen LogP contribution in [0.1, 0.15) is 10.6 Å². The normalized spacial score (nSPS) is 9.58. The number of carbonyl (C=O) groups excluding carboxylic acids is 1. The van der Waals surface area contributed by atoms with E-state index in [-0.39, 0.29) is 16.4 Å². The van der Waals surface area contributed by atoms with Crippen LogP contribution in [0.2, 0.25) is 10.6 Å². The Kier molecular flexibility index (Phi) is 2.78. The molecule has 0 spiro atoms. The number of hydrogen-bond donors (Lipinski definition) is 0. The molecule has 1 aromatic rings. The molecule has 1 rings (SSSR count). The molecule has 0 amide bonds. The quantitative estimate of drug-likeness (QED) is 0.643. The lowest BCUT2D eigenvalue weighted by Gasteiger charge is -1.96. The second kappa shape index (κ2) is 3.64. The van der Waals surface area contributed by atoms with Crippen LogP contribution in [0.25, 0.3) is 0 Å². The summed E-state index contributed by atoms with van der Waals surface area (Å²) in [5.41, 5.74) is 0. The Labute approximate surface area is 77.7 Å². The van der Waals surface area contributed by atoms with Gasteiger partial charge in [0.15, 0.2) is 0 Å². The average molecular weight is 208 g/mol. The van der Waals surface area contributed by atoms with Gasteiger partial charge in [0, 0.05) is 0 Å². The first-order valence-electron chi connectivity index (χ1n) is 2.79. The third kappa shape index (κ3) is 2.02. The number of ether oxygens (including phenoxy) is 1. The molecule has 0 saturated heterocycles. The third-order valence-corrected chi connectivity index (χ3v) is 1.29. The second-order valence-electron chi connectivity index (χ2n) is 1.69. The first-order valence-corrected chi connectivity index (χ1v) is 3.54. The Balaban J connectivity index is 3.08. The first kappa shape index (κ1) is 9.15. The highest BCUT2D eigenvalue weighted by Gasteiger charge is 2.11. The van der Waals surface area contributed by atoms with Crippen LogP contribution in [0.15, 0.2) is 0 Å². The van der Waals surface area contributed by atoms with Crippen molar-refractivity contribution in [2.24, 2.45) is 0 Å². The van der Waals surface area contributed by atoms with Gasteiger partial charge in [-0.3, -0.25) is 0 Å². The van der Waals surface area contributed by atoms with E-state index in [9.17, 15) is 4.79 Å². The van der Waals surface area contributed by atoms with Gasteiger partial charge in [-0.1, -0.05) is 0 Å². The van der Waals surface area contributed by atoms with Gasteiger partial charge in [-0.25, -0.2) is 4.79 Å². The summed E-state index contributed by atoms with van der Waals surface area (Å²) < 4.78 is 4.34. The number of rotatable bonds is 1. The molecule has 1 heterocycles. The van der Waals surface area contributed by atoms with Gasteiger partial charge >= 0.3 is 5.97 Å². The summed E-state index contributed by atoms with van der Waals surface area (Å²) in [5, 5.41) is -0.286. The largest absolute Gasteiger partial charge is 0.463 e. The zero-order chi connectivity index (χ0) is 9.14. The van der Waals surface area contributed by atoms with E-state index < -0.39 is 5.97 Å². The fourth-order valence-corrected chi connectivity index (χ4v) is 0.872. The summed E-state index contributed by atoms with van der Waals surface area (Å²) in [7, 11) is 1.20. The molecule has 0 radical (unpaired) electrons. The van der Waals surface area contributed by atoms with Crippen molar-refractivity contribution in [1.82, 2.24) is 15.0 Å². The molecule has 64 valence electrons. The van der Waals surface area contributed by atoms with Crippen molar-refractivity contribution in [1.29, 1.82) is 0 Å². The predicted molar refractivity (Wildman–Crippen MR) is 41.2 cm³/mol. The highest BCUT2D eigenvalue weighted by molar-refractivity contribution is 6.31. The summed E-state index contributed by atoms with van der Waals surface area (Å²) in [5.74, 6) is -0.913. The minimum Gasteiger partial charge on any atom is -0.463 e. The van der Waals surface area contributed by atoms with Gasteiger partial charge in [-0.15, -0.1) is 0 Å². The zero-order valence-electron chi connectivity index (χ0n) is 5.91. The van der Waals surface area contributed by atoms with Crippen LogP contribution in [0.5, 0.6) is 0 Å². The fourth-order valence-electron chi connectivity index (χ4n) is 0.508. The van der Waals surface area contributed by atoms with Gasteiger partial charge in [0.1, 0.15) is 0 Å². The predicted octanol–water partition coefficient (Wildman–Crippen LogP) is 0.965. The number of methoxy groups -OCH3 is 1. The molecule has 0 N–H and O–H groups in total. The van der Waals surface area contributed by atoms with Crippen LogP contribution in [0.4, 0.5) is 0 Å². The Morgan fingerprint density at radius 1 is 1.25 bits per heavy atom. The van der Waals surface area contributed by atoms with Crippen molar-refractivity contribution in [2.75, 3.05) is 7.11 Å². The number of hydrogen-bond acceptors (Lipinski definition) is 5. The van der Waals surface area contributed by atoms with Crippen LogP contribution in [-0.2, 0) is 4.74 Å². The van der Waals surface area contributed by atoms with Crippen molar-refractivity contribution in [3.8, 4) is 0 Å². The molecule has 0 aromatic carbocycles. The molecule has 0 aliphatic heterocycles. The van der Waals surface area contributed by atoms with E-state index in [2.05, 4.69) is 19.7 Å². The van der Waals surface area contributed by atoms with E-state index in [0.717, 1.165) is 0 Å². The molecule has 5 nitrogen and oxygen atoms in total. The highest BCUT2D eigenvalue weighted by atomic mass is 35.5. The van der Waals surface area contributed by atoms with Crippen molar-refractivity contribution in [3.63, 3.8) is 0 Å². The lowest BCUT2D eigenvalue weighted by Crippen LogP contribution is -2.08. The minimum atomic E-state index is -0.707. The number of halogens is 2. The summed E-state index contributed by atoms with van der Waals surface area (Å²) in [6.07, 6.45) is 0. The Morgan fingerprint density at radius 2 is 1.75 bits per heavy atom. The zero-order valence-corrected chi connectivity index (χ0v) is 7.43. The molecule has 1 aromatic heterocycles. The lowest BCUT2D eigenvalue weighted by atomic mass is 10.6. The standard InChI is InChI=1S/C5H3Cl2N3O2/c1-12-3(11)2-8-4(6)10-5(7)9-2/h1H3. The van der Waals surface area contributed by atoms with E-state index >= 15 is 0 Å². The van der Waals surface area contributed by atoms with Crippen molar-refractivity contribution < 1.29 is 9.53 Å². The molecule has 0 aliphatic rings. The van der Waals surface area contributed by atoms with Crippen LogP contribution in [0, 0.1) is 0 Å². The molecule has 12 heavy (non-hydrogen) atoms. The molecule has 0 atom stereocenters. The second-order valence-corrected chi connectivity index (χ2v) is 2.36. The summed E-state index contributed by atoms with van der Waals surface area (Å²) in [6.45, 7) is 0. The van der Waals surface area contributed by atoms with E-state index in [1.165, 1.54) is 7.11 Å². The molecule has 0 fully saturated rings. The fraction of sp³-hybridized carbons (Fsp3) is 0.200. The van der Waals surface area contributed by atoms with Crippen LogP contribution in [-0.4, -0.2) is 28.0 Å². The van der Waals surface area contributed by atoms with Gasteiger partial charge in [0.25, 0.3) is 0 Å². The molecule has 0 aliphatic carbocycles. The van der Waals surface area contributed by atoms with Gasteiger partial charge in [-0.2, -0.15) is 15.0 Å². The molecule has 0 unspecified atom stereocenters. The topological polar surface area (TPSA) is 65.0 Å². The lowest BCUT2D eigenvalue weighted by molar-refractivity contribution is 0.0586. The van der Waals surface area contributed by atoms with Crippen LogP contribution in [0.3, 0.4) is 0 Å². The molecule has 0 bridgehead atoms. The highest BCUT2D eigenvalue weighted by Crippen LogP contribution is 2.06. The third-order valence-electron chi connectivity index (χ3n) is 0.949. The van der Waals surface area contributed by atoms with E-state index in [0.29, 0.717) is 0 Å². The van der Waals surface area contributed by atoms with E-state index in [1.807, 2.05) is 0 Å². The van der Waals surface area contributed by atoms with Crippen molar-refractivity contribution >= 4 is 29.2 Å². The molecule has 7 heteroatoms. The van der Waals surface area contributed by atoms with E-state index in [4.69, 9.17) is 23.2 Å². The minimum absolute atomic E-state index is 0.143. The SMILES string of the molecule is COC(=O)c1nc(Cl)nc(Cl)n1. The Bertz CT molecular complexity index is 297. The Hall–Kier alpha value is -0.940. The smallest absolute Gasteiger partial charge is 0.376 e.